The largest absolute Gasteiger partial charge is 0.383 e. The molecule has 0 aliphatic heterocycles. The Kier molecular flexibility index (Phi) is 2.43. The Morgan fingerprint density at radius 2 is 2.11 bits per heavy atom. The smallest absolute Gasteiger partial charge is 0.132 e. The Balaban J connectivity index is 2.13. The number of rotatable bonds is 3. The molecule has 0 radical (unpaired) electrons. The predicted octanol–water partition coefficient (Wildman–Crippen LogP) is 2.32. The number of nitrogen functional groups attached to an aromatic ring is 1. The molecule has 5 heteroatoms. The second-order valence-electron chi connectivity index (χ2n) is 5.34. The summed E-state index contributed by atoms with van der Waals surface area (Å²) in [6, 6.07) is 0.346. The minimum Gasteiger partial charge on any atom is -0.383 e. The molecule has 2 heterocycles. The Morgan fingerprint density at radius 1 is 1.39 bits per heavy atom. The van der Waals surface area contributed by atoms with Gasteiger partial charge in [-0.15, -0.1) is 0 Å². The van der Waals surface area contributed by atoms with Gasteiger partial charge in [-0.1, -0.05) is 0 Å². The first kappa shape index (κ1) is 11.3. The van der Waals surface area contributed by atoms with Gasteiger partial charge in [0.15, 0.2) is 0 Å². The van der Waals surface area contributed by atoms with Crippen molar-refractivity contribution in [2.45, 2.75) is 38.6 Å². The maximum Gasteiger partial charge on any atom is 0.132 e. The van der Waals surface area contributed by atoms with Gasteiger partial charge in [-0.05, 0) is 26.7 Å². The second-order valence-corrected chi connectivity index (χ2v) is 5.34. The molecule has 2 aromatic heterocycles. The number of hydrogen-bond acceptors (Lipinski definition) is 3. The third-order valence-electron chi connectivity index (χ3n) is 3.41. The first-order valence-corrected chi connectivity index (χ1v) is 6.44. The first-order valence-electron chi connectivity index (χ1n) is 6.44. The molecule has 0 aromatic carbocycles. The van der Waals surface area contributed by atoms with E-state index < -0.39 is 0 Å². The fourth-order valence-corrected chi connectivity index (χ4v) is 2.39. The van der Waals surface area contributed by atoms with Gasteiger partial charge in [0.1, 0.15) is 17.3 Å². The van der Waals surface area contributed by atoms with E-state index in [2.05, 4.69) is 23.5 Å². The lowest BCUT2D eigenvalue weighted by Gasteiger charge is -2.12. The Hall–Kier alpha value is -1.78. The summed E-state index contributed by atoms with van der Waals surface area (Å²) in [5.41, 5.74) is 8.15. The Morgan fingerprint density at radius 3 is 2.61 bits per heavy atom. The molecule has 2 N–H and O–H groups in total. The van der Waals surface area contributed by atoms with E-state index in [0.29, 0.717) is 12.0 Å². The lowest BCUT2D eigenvalue weighted by molar-refractivity contribution is 0.576. The molecule has 0 bridgehead atoms. The number of aryl methyl sites for hydroxylation is 1. The van der Waals surface area contributed by atoms with Crippen LogP contribution in [-0.2, 0) is 7.05 Å². The van der Waals surface area contributed by atoms with Crippen LogP contribution in [-0.4, -0.2) is 19.3 Å². The van der Waals surface area contributed by atoms with Gasteiger partial charge in [0.2, 0.25) is 0 Å². The molecule has 1 fully saturated rings. The molecule has 0 amide bonds. The third kappa shape index (κ3) is 1.70. The molecule has 0 atom stereocenters. The van der Waals surface area contributed by atoms with Crippen LogP contribution in [0.1, 0.15) is 44.5 Å². The van der Waals surface area contributed by atoms with Crippen LogP contribution in [0.4, 0.5) is 5.82 Å². The van der Waals surface area contributed by atoms with Crippen LogP contribution in [0.2, 0.25) is 0 Å². The molecule has 0 spiro atoms. The Bertz CT molecular complexity index is 574. The van der Waals surface area contributed by atoms with Crippen molar-refractivity contribution in [3.05, 3.63) is 18.2 Å². The highest BCUT2D eigenvalue weighted by atomic mass is 15.2. The molecule has 18 heavy (non-hydrogen) atoms. The van der Waals surface area contributed by atoms with E-state index >= 15 is 0 Å². The molecule has 1 aliphatic rings. The average molecular weight is 245 g/mol. The zero-order chi connectivity index (χ0) is 12.9. The minimum atomic E-state index is 0.346. The van der Waals surface area contributed by atoms with E-state index in [9.17, 15) is 0 Å². The monoisotopic (exact) mass is 245 g/mol. The summed E-state index contributed by atoms with van der Waals surface area (Å²) >= 11 is 0. The van der Waals surface area contributed by atoms with Gasteiger partial charge in [-0.2, -0.15) is 5.10 Å². The van der Waals surface area contributed by atoms with E-state index in [-0.39, 0.29) is 0 Å². The van der Waals surface area contributed by atoms with Crippen LogP contribution < -0.4 is 5.73 Å². The number of hydrogen-bond donors (Lipinski definition) is 1. The van der Waals surface area contributed by atoms with Gasteiger partial charge < -0.3 is 10.3 Å². The summed E-state index contributed by atoms with van der Waals surface area (Å²) in [6.45, 7) is 4.30. The number of aromatic nitrogens is 4. The van der Waals surface area contributed by atoms with Crippen LogP contribution in [0.5, 0.6) is 0 Å². The normalized spacial score (nSPS) is 15.6. The number of nitrogens with zero attached hydrogens (tertiary/aromatic N) is 4. The molecule has 1 saturated carbocycles. The van der Waals surface area contributed by atoms with E-state index in [1.165, 1.54) is 12.8 Å². The topological polar surface area (TPSA) is 61.7 Å². The fraction of sp³-hybridized carbons (Fsp3) is 0.538. The molecular weight excluding hydrogens is 226 g/mol. The van der Waals surface area contributed by atoms with Crippen LogP contribution in [0.15, 0.2) is 12.4 Å². The summed E-state index contributed by atoms with van der Waals surface area (Å²) in [5, 5.41) is 4.19. The van der Waals surface area contributed by atoms with Gasteiger partial charge in [-0.25, -0.2) is 4.98 Å². The zero-order valence-electron chi connectivity index (χ0n) is 11.1. The molecule has 5 nitrogen and oxygen atoms in total. The highest BCUT2D eigenvalue weighted by Gasteiger charge is 2.31. The number of nitrogens with two attached hydrogens (primary N) is 1. The summed E-state index contributed by atoms with van der Waals surface area (Å²) in [7, 11) is 1.90. The first-order chi connectivity index (χ1) is 8.58. The van der Waals surface area contributed by atoms with Crippen LogP contribution in [0, 0.1) is 0 Å². The molecule has 96 valence electrons. The maximum absolute atomic E-state index is 6.28. The summed E-state index contributed by atoms with van der Waals surface area (Å²) in [6.07, 6.45) is 6.24. The minimum absolute atomic E-state index is 0.346. The molecule has 0 saturated heterocycles. The highest BCUT2D eigenvalue weighted by molar-refractivity contribution is 5.70. The average Bonchev–Trinajstić information content (AvgIpc) is 2.97. The predicted molar refractivity (Wildman–Crippen MR) is 71.2 cm³/mol. The highest BCUT2D eigenvalue weighted by Crippen LogP contribution is 2.43. The van der Waals surface area contributed by atoms with Crippen LogP contribution >= 0.6 is 0 Å². The van der Waals surface area contributed by atoms with Crippen LogP contribution in [0.25, 0.3) is 11.3 Å². The number of imidazole rings is 1. The van der Waals surface area contributed by atoms with E-state index in [1.54, 1.807) is 4.68 Å². The lowest BCUT2D eigenvalue weighted by atomic mass is 10.2. The van der Waals surface area contributed by atoms with Crippen molar-refractivity contribution in [1.29, 1.82) is 0 Å². The van der Waals surface area contributed by atoms with Gasteiger partial charge in [0, 0.05) is 30.8 Å². The molecule has 0 unspecified atom stereocenters. The van der Waals surface area contributed by atoms with E-state index in [1.807, 2.05) is 19.4 Å². The maximum atomic E-state index is 6.28. The molecule has 3 rings (SSSR count). The SMILES string of the molecule is CC(C)n1c(C2CC2)nc(-c2cnn(C)c2)c1N. The number of anilines is 1. The van der Waals surface area contributed by atoms with Crippen molar-refractivity contribution in [2.24, 2.45) is 7.05 Å². The quantitative estimate of drug-likeness (QED) is 0.902. The van der Waals surface area contributed by atoms with Gasteiger partial charge in [-0.3, -0.25) is 4.68 Å². The van der Waals surface area contributed by atoms with Crippen molar-refractivity contribution >= 4 is 5.82 Å². The lowest BCUT2D eigenvalue weighted by Crippen LogP contribution is -2.08. The molecule has 1 aliphatic carbocycles. The second kappa shape index (κ2) is 3.86. The molecular formula is C13H19N5. The van der Waals surface area contributed by atoms with Crippen LogP contribution in [0.3, 0.4) is 0 Å². The third-order valence-corrected chi connectivity index (χ3v) is 3.41. The Labute approximate surface area is 107 Å². The van der Waals surface area contributed by atoms with Crippen molar-refractivity contribution in [3.63, 3.8) is 0 Å². The van der Waals surface area contributed by atoms with Crippen molar-refractivity contribution < 1.29 is 0 Å². The van der Waals surface area contributed by atoms with E-state index in [0.717, 1.165) is 22.9 Å². The van der Waals surface area contributed by atoms with Crippen molar-refractivity contribution in [2.75, 3.05) is 5.73 Å². The standard InChI is InChI=1S/C13H19N5/c1-8(2)18-12(14)11(10-6-15-17(3)7-10)16-13(18)9-4-5-9/h6-9H,4-5,14H2,1-3H3. The zero-order valence-corrected chi connectivity index (χ0v) is 11.1. The van der Waals surface area contributed by atoms with Gasteiger partial charge >= 0.3 is 0 Å². The van der Waals surface area contributed by atoms with Crippen molar-refractivity contribution in [3.8, 4) is 11.3 Å². The van der Waals surface area contributed by atoms with E-state index in [4.69, 9.17) is 10.7 Å². The summed E-state index contributed by atoms with van der Waals surface area (Å²) in [4.78, 5) is 4.76. The summed E-state index contributed by atoms with van der Waals surface area (Å²) < 4.78 is 3.94. The van der Waals surface area contributed by atoms with Gasteiger partial charge in [0.25, 0.3) is 0 Å². The van der Waals surface area contributed by atoms with Crippen molar-refractivity contribution in [1.82, 2.24) is 19.3 Å². The summed E-state index contributed by atoms with van der Waals surface area (Å²) in [5.74, 6) is 2.50. The van der Waals surface area contributed by atoms with Gasteiger partial charge in [0.05, 0.1) is 6.20 Å². The molecule has 2 aromatic rings. The fourth-order valence-electron chi connectivity index (χ4n) is 2.39.